The average molecular weight is 323 g/mol. The Bertz CT molecular complexity index is 713. The fraction of sp³-hybridized carbons (Fsp3) is 0.188. The van der Waals surface area contributed by atoms with E-state index in [1.165, 1.54) is 12.1 Å². The van der Waals surface area contributed by atoms with E-state index >= 15 is 0 Å². The summed E-state index contributed by atoms with van der Waals surface area (Å²) in [6.45, 7) is 0.0312. The van der Waals surface area contributed by atoms with Crippen molar-refractivity contribution in [2.45, 2.75) is 12.3 Å². The lowest BCUT2D eigenvalue weighted by atomic mass is 10.2. The summed E-state index contributed by atoms with van der Waals surface area (Å²) in [6, 6.07) is 11.1. The summed E-state index contributed by atoms with van der Waals surface area (Å²) >= 11 is 0. The quantitative estimate of drug-likeness (QED) is 0.920. The van der Waals surface area contributed by atoms with Gasteiger partial charge in [0, 0.05) is 5.69 Å². The summed E-state index contributed by atoms with van der Waals surface area (Å²) in [4.78, 5) is 12.1. The number of hydrogen-bond donors (Lipinski definition) is 1. The van der Waals surface area contributed by atoms with Gasteiger partial charge in [-0.15, -0.1) is 0 Å². The van der Waals surface area contributed by atoms with Crippen molar-refractivity contribution in [2.75, 3.05) is 11.9 Å². The molecule has 1 aliphatic heterocycles. The molecule has 0 aliphatic carbocycles. The second-order valence-electron chi connectivity index (χ2n) is 4.93. The molecule has 0 aromatic heterocycles. The van der Waals surface area contributed by atoms with E-state index in [0.29, 0.717) is 11.5 Å². The van der Waals surface area contributed by atoms with Crippen LogP contribution in [-0.2, 0) is 11.0 Å². The normalized spacial score (nSPS) is 16.7. The number of amides is 1. The second-order valence-corrected chi connectivity index (χ2v) is 4.93. The van der Waals surface area contributed by atoms with Crippen molar-refractivity contribution in [2.24, 2.45) is 0 Å². The van der Waals surface area contributed by atoms with E-state index in [4.69, 9.17) is 9.47 Å². The zero-order valence-electron chi connectivity index (χ0n) is 11.8. The fourth-order valence-corrected chi connectivity index (χ4v) is 2.11. The summed E-state index contributed by atoms with van der Waals surface area (Å²) in [5, 5.41) is 2.51. The summed E-state index contributed by atoms with van der Waals surface area (Å²) in [5.41, 5.74) is -0.521. The molecule has 1 aliphatic rings. The Morgan fingerprint density at radius 3 is 2.35 bits per heavy atom. The zero-order chi connectivity index (χ0) is 16.4. The highest BCUT2D eigenvalue weighted by atomic mass is 19.4. The van der Waals surface area contributed by atoms with Crippen molar-refractivity contribution in [1.82, 2.24) is 0 Å². The van der Waals surface area contributed by atoms with E-state index in [0.717, 1.165) is 12.1 Å². The Labute approximate surface area is 129 Å². The van der Waals surface area contributed by atoms with Crippen molar-refractivity contribution in [3.05, 3.63) is 54.1 Å². The molecule has 0 saturated carbocycles. The average Bonchev–Trinajstić information content (AvgIpc) is 2.54. The SMILES string of the molecule is O=C(Nc1ccc(C(F)(F)F)cc1)[C@H]1COc2ccccc2O1. The van der Waals surface area contributed by atoms with Crippen molar-refractivity contribution in [1.29, 1.82) is 0 Å². The van der Waals surface area contributed by atoms with Crippen LogP contribution in [-0.4, -0.2) is 18.6 Å². The van der Waals surface area contributed by atoms with Gasteiger partial charge in [-0.1, -0.05) is 12.1 Å². The van der Waals surface area contributed by atoms with Gasteiger partial charge in [0.15, 0.2) is 11.5 Å². The smallest absolute Gasteiger partial charge is 0.416 e. The highest BCUT2D eigenvalue weighted by Gasteiger charge is 2.30. The van der Waals surface area contributed by atoms with Crippen LogP contribution in [0.25, 0.3) is 0 Å². The number of carbonyl (C=O) groups is 1. The molecular weight excluding hydrogens is 311 g/mol. The third kappa shape index (κ3) is 3.39. The maximum Gasteiger partial charge on any atom is 0.416 e. The highest BCUT2D eigenvalue weighted by molar-refractivity contribution is 5.94. The van der Waals surface area contributed by atoms with E-state index in [9.17, 15) is 18.0 Å². The van der Waals surface area contributed by atoms with Gasteiger partial charge in [0.1, 0.15) is 6.61 Å². The molecule has 7 heteroatoms. The van der Waals surface area contributed by atoms with Gasteiger partial charge >= 0.3 is 6.18 Å². The minimum absolute atomic E-state index is 0.0312. The second kappa shape index (κ2) is 5.83. The van der Waals surface area contributed by atoms with Crippen LogP contribution in [0.3, 0.4) is 0 Å². The number of halogens is 3. The maximum atomic E-state index is 12.5. The Balaban J connectivity index is 1.66. The van der Waals surface area contributed by atoms with Crippen molar-refractivity contribution < 1.29 is 27.4 Å². The molecule has 2 aromatic carbocycles. The molecule has 1 atom stereocenters. The molecule has 0 fully saturated rings. The first-order valence-corrected chi connectivity index (χ1v) is 6.80. The Kier molecular flexibility index (Phi) is 3.85. The lowest BCUT2D eigenvalue weighted by Gasteiger charge is -2.25. The number of nitrogens with one attached hydrogen (secondary N) is 1. The lowest BCUT2D eigenvalue weighted by molar-refractivity contribution is -0.137. The lowest BCUT2D eigenvalue weighted by Crippen LogP contribution is -2.40. The first kappa shape index (κ1) is 15.2. The standard InChI is InChI=1S/C16H12F3NO3/c17-16(18,19)10-5-7-11(8-6-10)20-15(21)14-9-22-12-3-1-2-4-13(12)23-14/h1-8,14H,9H2,(H,20,21)/t14-/m1/s1. The number of benzene rings is 2. The van der Waals surface area contributed by atoms with Gasteiger partial charge in [-0.25, -0.2) is 0 Å². The van der Waals surface area contributed by atoms with Gasteiger partial charge in [-0.2, -0.15) is 13.2 Å². The summed E-state index contributed by atoms with van der Waals surface area (Å²) in [6.07, 6.45) is -5.28. The number of alkyl halides is 3. The van der Waals surface area contributed by atoms with Crippen LogP contribution in [0.1, 0.15) is 5.56 Å². The molecule has 1 heterocycles. The van der Waals surface area contributed by atoms with Crippen molar-refractivity contribution >= 4 is 11.6 Å². The van der Waals surface area contributed by atoms with Crippen LogP contribution in [0, 0.1) is 0 Å². The number of carbonyl (C=O) groups excluding carboxylic acids is 1. The third-order valence-corrected chi connectivity index (χ3v) is 3.28. The molecule has 0 bridgehead atoms. The maximum absolute atomic E-state index is 12.5. The van der Waals surface area contributed by atoms with E-state index in [2.05, 4.69) is 5.32 Å². The Morgan fingerprint density at radius 1 is 1.04 bits per heavy atom. The highest BCUT2D eigenvalue weighted by Crippen LogP contribution is 2.32. The predicted molar refractivity (Wildman–Crippen MR) is 76.4 cm³/mol. The van der Waals surface area contributed by atoms with E-state index < -0.39 is 23.8 Å². The number of ether oxygens (including phenoxy) is 2. The van der Waals surface area contributed by atoms with Gasteiger partial charge in [0.05, 0.1) is 5.56 Å². The van der Waals surface area contributed by atoms with Gasteiger partial charge in [-0.05, 0) is 36.4 Å². The van der Waals surface area contributed by atoms with Crippen LogP contribution in [0.15, 0.2) is 48.5 Å². The van der Waals surface area contributed by atoms with Crippen LogP contribution in [0.5, 0.6) is 11.5 Å². The topological polar surface area (TPSA) is 47.6 Å². The van der Waals surface area contributed by atoms with Crippen LogP contribution in [0.4, 0.5) is 18.9 Å². The third-order valence-electron chi connectivity index (χ3n) is 3.28. The van der Waals surface area contributed by atoms with E-state index in [1.807, 2.05) is 0 Å². The predicted octanol–water partition coefficient (Wildman–Crippen LogP) is 3.48. The molecule has 0 spiro atoms. The molecule has 1 amide bonds. The molecule has 2 aromatic rings. The molecule has 23 heavy (non-hydrogen) atoms. The van der Waals surface area contributed by atoms with Crippen LogP contribution >= 0.6 is 0 Å². The Hall–Kier alpha value is -2.70. The number of para-hydroxylation sites is 2. The summed E-state index contributed by atoms with van der Waals surface area (Å²) in [7, 11) is 0. The van der Waals surface area contributed by atoms with Crippen molar-refractivity contribution in [3.8, 4) is 11.5 Å². The fourth-order valence-electron chi connectivity index (χ4n) is 2.11. The molecule has 4 nitrogen and oxygen atoms in total. The molecule has 0 saturated heterocycles. The van der Waals surface area contributed by atoms with Crippen LogP contribution in [0.2, 0.25) is 0 Å². The monoisotopic (exact) mass is 323 g/mol. The van der Waals surface area contributed by atoms with Crippen LogP contribution < -0.4 is 14.8 Å². The van der Waals surface area contributed by atoms with Gasteiger partial charge in [0.25, 0.3) is 5.91 Å². The first-order chi connectivity index (χ1) is 10.9. The Morgan fingerprint density at radius 2 is 1.70 bits per heavy atom. The molecular formula is C16H12F3NO3. The number of rotatable bonds is 2. The largest absolute Gasteiger partial charge is 0.485 e. The van der Waals surface area contributed by atoms with Crippen molar-refractivity contribution in [3.63, 3.8) is 0 Å². The summed E-state index contributed by atoms with van der Waals surface area (Å²) < 4.78 is 48.4. The van der Waals surface area contributed by atoms with Gasteiger partial charge in [-0.3, -0.25) is 4.79 Å². The summed E-state index contributed by atoms with van der Waals surface area (Å²) in [5.74, 6) is 0.511. The van der Waals surface area contributed by atoms with E-state index in [1.54, 1.807) is 24.3 Å². The molecule has 0 radical (unpaired) electrons. The minimum atomic E-state index is -4.41. The van der Waals surface area contributed by atoms with Gasteiger partial charge in [0.2, 0.25) is 6.10 Å². The van der Waals surface area contributed by atoms with Gasteiger partial charge < -0.3 is 14.8 Å². The molecule has 120 valence electrons. The number of fused-ring (bicyclic) bond motifs is 1. The van der Waals surface area contributed by atoms with E-state index in [-0.39, 0.29) is 12.3 Å². The molecule has 3 rings (SSSR count). The zero-order valence-corrected chi connectivity index (χ0v) is 11.8. The molecule has 0 unspecified atom stereocenters. The minimum Gasteiger partial charge on any atom is -0.485 e. The molecule has 1 N–H and O–H groups in total. The number of hydrogen-bond acceptors (Lipinski definition) is 3. The first-order valence-electron chi connectivity index (χ1n) is 6.80. The number of anilines is 1.